The summed E-state index contributed by atoms with van der Waals surface area (Å²) in [6, 6.07) is 24.4. The zero-order chi connectivity index (χ0) is 21.5. The van der Waals surface area contributed by atoms with Gasteiger partial charge in [0.15, 0.2) is 5.96 Å². The molecule has 168 valence electrons. The van der Waals surface area contributed by atoms with Crippen LogP contribution in [0.25, 0.3) is 0 Å². The molecule has 5 nitrogen and oxygen atoms in total. The molecule has 3 aromatic rings. The van der Waals surface area contributed by atoms with Gasteiger partial charge < -0.3 is 15.2 Å². The molecular formula is C26H31IN4O. The molecule has 0 spiro atoms. The van der Waals surface area contributed by atoms with Crippen LogP contribution in [-0.2, 0) is 18.5 Å². The number of aliphatic imine (C=N–C) groups is 1. The first-order valence-corrected chi connectivity index (χ1v) is 10.9. The lowest BCUT2D eigenvalue weighted by Gasteiger charge is -2.43. The lowest BCUT2D eigenvalue weighted by atomic mass is 9.64. The quantitative estimate of drug-likeness (QED) is 0.266. The molecule has 1 saturated carbocycles. The number of hydrogen-bond donors (Lipinski definition) is 2. The third-order valence-corrected chi connectivity index (χ3v) is 6.25. The van der Waals surface area contributed by atoms with Crippen LogP contribution in [0.4, 0.5) is 0 Å². The Balaban J connectivity index is 0.00000289. The number of nitrogens with one attached hydrogen (secondary N) is 2. The van der Waals surface area contributed by atoms with Gasteiger partial charge in [-0.25, -0.2) is 0 Å². The summed E-state index contributed by atoms with van der Waals surface area (Å²) >= 11 is 0. The maximum absolute atomic E-state index is 11.9. The molecule has 1 heterocycles. The second kappa shape index (κ2) is 11.3. The monoisotopic (exact) mass is 542 g/mol. The smallest absolute Gasteiger partial charge is 0.250 e. The van der Waals surface area contributed by atoms with Crippen molar-refractivity contribution in [1.29, 1.82) is 0 Å². The van der Waals surface area contributed by atoms with Gasteiger partial charge in [0.05, 0.1) is 6.54 Å². The van der Waals surface area contributed by atoms with Gasteiger partial charge in [-0.05, 0) is 35.6 Å². The Kier molecular flexibility index (Phi) is 8.50. The van der Waals surface area contributed by atoms with Crippen molar-refractivity contribution in [2.24, 2.45) is 4.99 Å². The molecule has 4 rings (SSSR count). The molecule has 0 amide bonds. The average Bonchev–Trinajstić information content (AvgIpc) is 2.78. The number of halogens is 1. The van der Waals surface area contributed by atoms with Crippen molar-refractivity contribution in [2.45, 2.75) is 37.8 Å². The molecule has 1 aliphatic rings. The van der Waals surface area contributed by atoms with Gasteiger partial charge in [0.2, 0.25) is 0 Å². The van der Waals surface area contributed by atoms with Crippen LogP contribution in [-0.4, -0.2) is 24.1 Å². The largest absolute Gasteiger partial charge is 0.356 e. The molecule has 0 radical (unpaired) electrons. The normalized spacial score (nSPS) is 14.7. The fourth-order valence-electron chi connectivity index (χ4n) is 4.17. The second-order valence-electron chi connectivity index (χ2n) is 8.26. The minimum atomic E-state index is 0. The summed E-state index contributed by atoms with van der Waals surface area (Å²) in [5, 5.41) is 6.95. The van der Waals surface area contributed by atoms with E-state index in [1.54, 1.807) is 16.7 Å². The van der Waals surface area contributed by atoms with Crippen LogP contribution in [0.3, 0.4) is 0 Å². The van der Waals surface area contributed by atoms with E-state index in [2.05, 4.69) is 70.2 Å². The van der Waals surface area contributed by atoms with Crippen LogP contribution >= 0.6 is 24.0 Å². The van der Waals surface area contributed by atoms with Crippen LogP contribution in [0.5, 0.6) is 0 Å². The number of pyridine rings is 1. The standard InChI is InChI=1S/C26H30N4O.HI/c1-27-25(29-20-26(15-7-16-26)23-8-3-2-4-9-23)28-18-21-11-13-22(14-12-21)19-30-17-6-5-10-24(30)31;/h2-6,8-14,17H,7,15-16,18-20H2,1H3,(H2,27,28,29);1H. The molecule has 0 unspecified atom stereocenters. The Bertz CT molecular complexity index is 1070. The van der Waals surface area contributed by atoms with Gasteiger partial charge in [0, 0.05) is 37.8 Å². The Hall–Kier alpha value is -2.61. The topological polar surface area (TPSA) is 58.4 Å². The van der Waals surface area contributed by atoms with E-state index in [4.69, 9.17) is 0 Å². The van der Waals surface area contributed by atoms with Gasteiger partial charge in [0.1, 0.15) is 0 Å². The molecule has 0 aliphatic heterocycles. The van der Waals surface area contributed by atoms with E-state index in [0.29, 0.717) is 13.1 Å². The second-order valence-corrected chi connectivity index (χ2v) is 8.26. The summed E-state index contributed by atoms with van der Waals surface area (Å²) in [5.41, 5.74) is 3.93. The third-order valence-electron chi connectivity index (χ3n) is 6.25. The lowest BCUT2D eigenvalue weighted by molar-refractivity contribution is 0.244. The van der Waals surface area contributed by atoms with Crippen molar-refractivity contribution in [3.63, 3.8) is 0 Å². The van der Waals surface area contributed by atoms with Crippen LogP contribution in [0.15, 0.2) is 88.8 Å². The van der Waals surface area contributed by atoms with E-state index < -0.39 is 0 Å². The van der Waals surface area contributed by atoms with E-state index in [9.17, 15) is 4.79 Å². The molecule has 0 saturated heterocycles. The molecular weight excluding hydrogens is 511 g/mol. The van der Waals surface area contributed by atoms with Crippen molar-refractivity contribution in [3.05, 3.63) is 106 Å². The Morgan fingerprint density at radius 3 is 2.25 bits per heavy atom. The van der Waals surface area contributed by atoms with Crippen molar-refractivity contribution in [2.75, 3.05) is 13.6 Å². The number of benzene rings is 2. The van der Waals surface area contributed by atoms with Gasteiger partial charge in [-0.3, -0.25) is 9.79 Å². The van der Waals surface area contributed by atoms with Crippen LogP contribution in [0.1, 0.15) is 36.0 Å². The lowest BCUT2D eigenvalue weighted by Crippen LogP contribution is -2.48. The first-order valence-electron chi connectivity index (χ1n) is 10.9. The number of nitrogens with zero attached hydrogens (tertiary/aromatic N) is 2. The minimum absolute atomic E-state index is 0. The van der Waals surface area contributed by atoms with Gasteiger partial charge >= 0.3 is 0 Å². The number of rotatable bonds is 7. The molecule has 0 bridgehead atoms. The maximum Gasteiger partial charge on any atom is 0.250 e. The first-order chi connectivity index (χ1) is 15.2. The highest BCUT2D eigenvalue weighted by atomic mass is 127. The van der Waals surface area contributed by atoms with Gasteiger partial charge in [-0.15, -0.1) is 24.0 Å². The summed E-state index contributed by atoms with van der Waals surface area (Å²) < 4.78 is 1.71. The highest BCUT2D eigenvalue weighted by Gasteiger charge is 2.38. The summed E-state index contributed by atoms with van der Waals surface area (Å²) in [6.45, 7) is 2.17. The molecule has 1 aliphatic carbocycles. The molecule has 1 fully saturated rings. The predicted molar refractivity (Wildman–Crippen MR) is 142 cm³/mol. The van der Waals surface area contributed by atoms with Crippen LogP contribution in [0, 0.1) is 0 Å². The fourth-order valence-corrected chi connectivity index (χ4v) is 4.17. The van der Waals surface area contributed by atoms with Crippen molar-refractivity contribution >= 4 is 29.9 Å². The highest BCUT2D eigenvalue weighted by Crippen LogP contribution is 2.43. The van der Waals surface area contributed by atoms with Crippen molar-refractivity contribution in [3.8, 4) is 0 Å². The fraction of sp³-hybridized carbons (Fsp3) is 0.308. The zero-order valence-electron chi connectivity index (χ0n) is 18.5. The first kappa shape index (κ1) is 24.0. The Morgan fingerprint density at radius 2 is 1.62 bits per heavy atom. The van der Waals surface area contributed by atoms with Gasteiger partial charge in [-0.1, -0.05) is 67.1 Å². The van der Waals surface area contributed by atoms with E-state index in [1.165, 1.54) is 30.4 Å². The summed E-state index contributed by atoms with van der Waals surface area (Å²) in [5.74, 6) is 0.821. The average molecular weight is 542 g/mol. The van der Waals surface area contributed by atoms with E-state index >= 15 is 0 Å². The number of aromatic nitrogens is 1. The number of guanidine groups is 1. The Morgan fingerprint density at radius 1 is 0.938 bits per heavy atom. The molecule has 32 heavy (non-hydrogen) atoms. The molecule has 2 N–H and O–H groups in total. The van der Waals surface area contributed by atoms with E-state index in [1.807, 2.05) is 19.3 Å². The molecule has 2 aromatic carbocycles. The third kappa shape index (κ3) is 5.79. The van der Waals surface area contributed by atoms with E-state index in [0.717, 1.165) is 18.1 Å². The van der Waals surface area contributed by atoms with Gasteiger partial charge in [0.25, 0.3) is 5.56 Å². The van der Waals surface area contributed by atoms with Crippen LogP contribution in [0.2, 0.25) is 0 Å². The molecule has 0 atom stereocenters. The van der Waals surface area contributed by atoms with Crippen molar-refractivity contribution in [1.82, 2.24) is 15.2 Å². The van der Waals surface area contributed by atoms with Gasteiger partial charge in [-0.2, -0.15) is 0 Å². The molecule has 6 heteroatoms. The van der Waals surface area contributed by atoms with E-state index in [-0.39, 0.29) is 35.0 Å². The summed E-state index contributed by atoms with van der Waals surface area (Å²) in [6.07, 6.45) is 5.53. The Labute approximate surface area is 207 Å². The summed E-state index contributed by atoms with van der Waals surface area (Å²) in [7, 11) is 1.81. The highest BCUT2D eigenvalue weighted by molar-refractivity contribution is 14.0. The van der Waals surface area contributed by atoms with Crippen LogP contribution < -0.4 is 16.2 Å². The summed E-state index contributed by atoms with van der Waals surface area (Å²) in [4.78, 5) is 16.3. The maximum atomic E-state index is 11.9. The van der Waals surface area contributed by atoms with Crippen molar-refractivity contribution < 1.29 is 0 Å². The molecule has 1 aromatic heterocycles. The zero-order valence-corrected chi connectivity index (χ0v) is 20.8. The predicted octanol–water partition coefficient (Wildman–Crippen LogP) is 4.30. The minimum Gasteiger partial charge on any atom is -0.356 e. The SMILES string of the molecule is CN=C(NCc1ccc(Cn2ccccc2=O)cc1)NCC1(c2ccccc2)CCC1.I. The number of hydrogen-bond acceptors (Lipinski definition) is 2.